The van der Waals surface area contributed by atoms with Gasteiger partial charge in [0.15, 0.2) is 0 Å². The normalized spacial score (nSPS) is 17.3. The number of anilines is 1. The van der Waals surface area contributed by atoms with E-state index in [0.717, 1.165) is 44.1 Å². The first-order chi connectivity index (χ1) is 10.0. The Bertz CT molecular complexity index is 537. The number of nitrogens with one attached hydrogen (secondary N) is 1. The fourth-order valence-electron chi connectivity index (χ4n) is 2.82. The average Bonchev–Trinajstić information content (AvgIpc) is 2.75. The number of nitrogens with two attached hydrogens (primary N) is 1. The summed E-state index contributed by atoms with van der Waals surface area (Å²) in [7, 11) is 0. The van der Waals surface area contributed by atoms with Crippen LogP contribution in [0, 0.1) is 5.92 Å². The van der Waals surface area contributed by atoms with Gasteiger partial charge in [-0.15, -0.1) is 11.3 Å². The number of hydrogen-bond donors (Lipinski definition) is 2. The van der Waals surface area contributed by atoms with Gasteiger partial charge >= 0.3 is 0 Å². The topological polar surface area (TPSA) is 72.2 Å². The van der Waals surface area contributed by atoms with E-state index in [2.05, 4.69) is 19.2 Å². The molecule has 0 aromatic carbocycles. The maximum Gasteiger partial charge on any atom is 0.251 e. The molecule has 1 aliphatic rings. The highest BCUT2D eigenvalue weighted by atomic mass is 32.1. The van der Waals surface area contributed by atoms with Crippen molar-refractivity contribution in [3.8, 4) is 0 Å². The van der Waals surface area contributed by atoms with Crippen LogP contribution in [0.3, 0.4) is 0 Å². The minimum Gasteiger partial charge on any atom is -0.365 e. The third-order valence-corrected chi connectivity index (χ3v) is 5.19. The SMILES string of the molecule is CCCCCC(=O)Nc1sc2c(c1C(N)=O)CC[C@H](C)C2. The van der Waals surface area contributed by atoms with Gasteiger partial charge in [0.05, 0.1) is 5.56 Å². The molecule has 5 heteroatoms. The van der Waals surface area contributed by atoms with Crippen molar-refractivity contribution in [3.63, 3.8) is 0 Å². The zero-order valence-electron chi connectivity index (χ0n) is 12.8. The Labute approximate surface area is 130 Å². The molecule has 2 rings (SSSR count). The van der Waals surface area contributed by atoms with Crippen molar-refractivity contribution >= 4 is 28.2 Å². The second kappa shape index (κ2) is 7.07. The third kappa shape index (κ3) is 3.84. The summed E-state index contributed by atoms with van der Waals surface area (Å²) in [6.07, 6.45) is 6.47. The molecule has 1 aromatic rings. The zero-order chi connectivity index (χ0) is 15.4. The van der Waals surface area contributed by atoms with Gasteiger partial charge in [-0.3, -0.25) is 9.59 Å². The Morgan fingerprint density at radius 3 is 2.81 bits per heavy atom. The van der Waals surface area contributed by atoms with Crippen molar-refractivity contribution in [2.45, 2.75) is 58.8 Å². The van der Waals surface area contributed by atoms with Gasteiger partial charge in [-0.1, -0.05) is 26.7 Å². The van der Waals surface area contributed by atoms with Crippen molar-refractivity contribution in [1.82, 2.24) is 0 Å². The van der Waals surface area contributed by atoms with Crippen LogP contribution >= 0.6 is 11.3 Å². The molecule has 1 heterocycles. The number of unbranched alkanes of at least 4 members (excludes halogenated alkanes) is 2. The molecule has 1 aliphatic carbocycles. The molecule has 0 saturated carbocycles. The van der Waals surface area contributed by atoms with Gasteiger partial charge in [0, 0.05) is 11.3 Å². The smallest absolute Gasteiger partial charge is 0.251 e. The molecule has 4 nitrogen and oxygen atoms in total. The van der Waals surface area contributed by atoms with E-state index in [1.165, 1.54) is 16.2 Å². The van der Waals surface area contributed by atoms with Gasteiger partial charge in [-0.2, -0.15) is 0 Å². The lowest BCUT2D eigenvalue weighted by Gasteiger charge is -2.18. The largest absolute Gasteiger partial charge is 0.365 e. The monoisotopic (exact) mass is 308 g/mol. The van der Waals surface area contributed by atoms with Crippen LogP contribution in [0.1, 0.15) is 66.8 Å². The molecular formula is C16H24N2O2S. The molecule has 0 fully saturated rings. The number of carbonyl (C=O) groups is 2. The first-order valence-corrected chi connectivity index (χ1v) is 8.58. The fourth-order valence-corrected chi connectivity index (χ4v) is 4.26. The van der Waals surface area contributed by atoms with Crippen LogP contribution in [0.25, 0.3) is 0 Å². The van der Waals surface area contributed by atoms with Crippen molar-refractivity contribution < 1.29 is 9.59 Å². The second-order valence-corrected chi connectivity index (χ2v) is 7.03. The fraction of sp³-hybridized carbons (Fsp3) is 0.625. The minimum absolute atomic E-state index is 0.0161. The highest BCUT2D eigenvalue weighted by Gasteiger charge is 2.27. The lowest BCUT2D eigenvalue weighted by molar-refractivity contribution is -0.116. The molecule has 0 bridgehead atoms. The number of thiophene rings is 1. The average molecular weight is 308 g/mol. The first kappa shape index (κ1) is 16.0. The molecule has 0 unspecified atom stereocenters. The molecule has 1 aromatic heterocycles. The molecular weight excluding hydrogens is 284 g/mol. The molecule has 116 valence electrons. The van der Waals surface area contributed by atoms with Gasteiger partial charge in [0.25, 0.3) is 5.91 Å². The molecule has 0 radical (unpaired) electrons. The van der Waals surface area contributed by atoms with Crippen molar-refractivity contribution in [2.75, 3.05) is 5.32 Å². The van der Waals surface area contributed by atoms with Crippen molar-refractivity contribution in [3.05, 3.63) is 16.0 Å². The maximum atomic E-state index is 12.0. The van der Waals surface area contributed by atoms with Gasteiger partial charge in [-0.05, 0) is 37.2 Å². The Balaban J connectivity index is 2.15. The highest BCUT2D eigenvalue weighted by Crippen LogP contribution is 2.39. The van der Waals surface area contributed by atoms with Gasteiger partial charge < -0.3 is 11.1 Å². The quantitative estimate of drug-likeness (QED) is 0.790. The van der Waals surface area contributed by atoms with Crippen LogP contribution in [0.4, 0.5) is 5.00 Å². The minimum atomic E-state index is -0.425. The maximum absolute atomic E-state index is 12.0. The van der Waals surface area contributed by atoms with Gasteiger partial charge in [0.1, 0.15) is 5.00 Å². The first-order valence-electron chi connectivity index (χ1n) is 7.77. The van der Waals surface area contributed by atoms with E-state index < -0.39 is 5.91 Å². The number of hydrogen-bond acceptors (Lipinski definition) is 3. The zero-order valence-corrected chi connectivity index (χ0v) is 13.6. The lowest BCUT2D eigenvalue weighted by Crippen LogP contribution is -2.19. The van der Waals surface area contributed by atoms with Crippen LogP contribution in [0.15, 0.2) is 0 Å². The number of carbonyl (C=O) groups excluding carboxylic acids is 2. The lowest BCUT2D eigenvalue weighted by atomic mass is 9.88. The van der Waals surface area contributed by atoms with E-state index in [1.807, 2.05) is 0 Å². The summed E-state index contributed by atoms with van der Waals surface area (Å²) in [5, 5.41) is 3.56. The molecule has 2 amide bonds. The van der Waals surface area contributed by atoms with E-state index in [1.54, 1.807) is 0 Å². The summed E-state index contributed by atoms with van der Waals surface area (Å²) in [5.74, 6) is 0.188. The predicted octanol–water partition coefficient (Wildman–Crippen LogP) is 3.49. The van der Waals surface area contributed by atoms with E-state index in [9.17, 15) is 9.59 Å². The van der Waals surface area contributed by atoms with Crippen LogP contribution in [0.2, 0.25) is 0 Å². The summed E-state index contributed by atoms with van der Waals surface area (Å²) in [4.78, 5) is 25.0. The molecule has 1 atom stereocenters. The van der Waals surface area contributed by atoms with E-state index in [0.29, 0.717) is 22.9 Å². The highest BCUT2D eigenvalue weighted by molar-refractivity contribution is 7.17. The van der Waals surface area contributed by atoms with E-state index >= 15 is 0 Å². The third-order valence-electron chi connectivity index (χ3n) is 4.02. The summed E-state index contributed by atoms with van der Waals surface area (Å²) in [6, 6.07) is 0. The Kier molecular flexibility index (Phi) is 5.39. The van der Waals surface area contributed by atoms with Gasteiger partial charge in [0.2, 0.25) is 5.91 Å². The van der Waals surface area contributed by atoms with E-state index in [-0.39, 0.29) is 5.91 Å². The standard InChI is InChI=1S/C16H24N2O2S/c1-3-4-5-6-13(19)18-16-14(15(17)20)11-8-7-10(2)9-12(11)21-16/h10H,3-9H2,1-2H3,(H2,17,20)(H,18,19)/t10-/m0/s1. The number of primary amides is 1. The van der Waals surface area contributed by atoms with Crippen molar-refractivity contribution in [2.24, 2.45) is 11.7 Å². The number of amides is 2. The molecule has 21 heavy (non-hydrogen) atoms. The van der Waals surface area contributed by atoms with Crippen LogP contribution in [-0.4, -0.2) is 11.8 Å². The van der Waals surface area contributed by atoms with Gasteiger partial charge in [-0.25, -0.2) is 0 Å². The van der Waals surface area contributed by atoms with Crippen LogP contribution in [-0.2, 0) is 17.6 Å². The predicted molar refractivity (Wildman–Crippen MR) is 86.8 cm³/mol. The molecule has 3 N–H and O–H groups in total. The van der Waals surface area contributed by atoms with Crippen LogP contribution in [0.5, 0.6) is 0 Å². The molecule has 0 spiro atoms. The van der Waals surface area contributed by atoms with E-state index in [4.69, 9.17) is 5.73 Å². The van der Waals surface area contributed by atoms with Crippen LogP contribution < -0.4 is 11.1 Å². The summed E-state index contributed by atoms with van der Waals surface area (Å²) in [6.45, 7) is 4.33. The Morgan fingerprint density at radius 2 is 2.14 bits per heavy atom. The van der Waals surface area contributed by atoms with Crippen molar-refractivity contribution in [1.29, 1.82) is 0 Å². The summed E-state index contributed by atoms with van der Waals surface area (Å²) >= 11 is 1.53. The number of rotatable bonds is 6. The summed E-state index contributed by atoms with van der Waals surface area (Å²) < 4.78 is 0. The number of fused-ring (bicyclic) bond motifs is 1. The Hall–Kier alpha value is -1.36. The Morgan fingerprint density at radius 1 is 1.38 bits per heavy atom. The molecule has 0 saturated heterocycles. The summed E-state index contributed by atoms with van der Waals surface area (Å²) in [5.41, 5.74) is 7.14. The second-order valence-electron chi connectivity index (χ2n) is 5.93. The molecule has 0 aliphatic heterocycles.